The second-order valence-corrected chi connectivity index (χ2v) is 5.91. The summed E-state index contributed by atoms with van der Waals surface area (Å²) in [4.78, 5) is 29.2. The molecule has 2 heterocycles. The molecular weight excluding hydrogens is 304 g/mol. The molecule has 0 aliphatic carbocycles. The fourth-order valence-electron chi connectivity index (χ4n) is 3.24. The van der Waals surface area contributed by atoms with E-state index in [-0.39, 0.29) is 17.6 Å². The van der Waals surface area contributed by atoms with Crippen molar-refractivity contribution in [3.05, 3.63) is 59.5 Å². The number of amides is 2. The van der Waals surface area contributed by atoms with Crippen molar-refractivity contribution in [1.29, 1.82) is 0 Å². The Morgan fingerprint density at radius 3 is 2.46 bits per heavy atom. The lowest BCUT2D eigenvalue weighted by Crippen LogP contribution is -2.53. The van der Waals surface area contributed by atoms with Crippen LogP contribution >= 0.6 is 0 Å². The molecule has 0 fully saturated rings. The third-order valence-electron chi connectivity index (χ3n) is 4.60. The molecule has 0 bridgehead atoms. The summed E-state index contributed by atoms with van der Waals surface area (Å²) in [6, 6.07) is 10.8. The Morgan fingerprint density at radius 2 is 1.83 bits per heavy atom. The van der Waals surface area contributed by atoms with Crippen LogP contribution in [-0.4, -0.2) is 40.7 Å². The highest BCUT2D eigenvalue weighted by Gasteiger charge is 2.37. The van der Waals surface area contributed by atoms with E-state index >= 15 is 0 Å². The van der Waals surface area contributed by atoms with E-state index in [4.69, 9.17) is 4.42 Å². The first-order chi connectivity index (χ1) is 11.7. The highest BCUT2D eigenvalue weighted by molar-refractivity contribution is 5.96. The van der Waals surface area contributed by atoms with E-state index in [9.17, 15) is 9.59 Å². The Morgan fingerprint density at radius 1 is 1.12 bits per heavy atom. The van der Waals surface area contributed by atoms with Gasteiger partial charge in [0.25, 0.3) is 5.91 Å². The van der Waals surface area contributed by atoms with Crippen LogP contribution in [0.5, 0.6) is 0 Å². The van der Waals surface area contributed by atoms with Gasteiger partial charge in [-0.1, -0.05) is 24.3 Å². The summed E-state index contributed by atoms with van der Waals surface area (Å²) in [7, 11) is 0. The molecule has 1 aliphatic rings. The molecule has 5 heteroatoms. The number of hydrogen-bond acceptors (Lipinski definition) is 3. The van der Waals surface area contributed by atoms with Gasteiger partial charge in [-0.3, -0.25) is 9.59 Å². The van der Waals surface area contributed by atoms with Crippen LogP contribution in [0.3, 0.4) is 0 Å². The third-order valence-corrected chi connectivity index (χ3v) is 4.60. The highest BCUT2D eigenvalue weighted by atomic mass is 16.3. The number of hydrogen-bond donors (Lipinski definition) is 0. The summed E-state index contributed by atoms with van der Waals surface area (Å²) in [6.45, 7) is 5.60. The summed E-state index contributed by atoms with van der Waals surface area (Å²) >= 11 is 0. The van der Waals surface area contributed by atoms with Crippen molar-refractivity contribution in [2.24, 2.45) is 0 Å². The van der Waals surface area contributed by atoms with Crippen LogP contribution in [0.25, 0.3) is 0 Å². The second-order valence-electron chi connectivity index (χ2n) is 5.91. The predicted molar refractivity (Wildman–Crippen MR) is 90.4 cm³/mol. The maximum Gasteiger partial charge on any atom is 0.290 e. The molecule has 0 radical (unpaired) electrons. The Bertz CT molecular complexity index is 720. The number of fused-ring (bicyclic) bond motifs is 1. The quantitative estimate of drug-likeness (QED) is 0.868. The zero-order chi connectivity index (χ0) is 17.1. The van der Waals surface area contributed by atoms with Gasteiger partial charge in [-0.05, 0) is 37.1 Å². The van der Waals surface area contributed by atoms with Crippen molar-refractivity contribution in [3.63, 3.8) is 0 Å². The predicted octanol–water partition coefficient (Wildman–Crippen LogP) is 2.72. The van der Waals surface area contributed by atoms with Gasteiger partial charge in [0.05, 0.1) is 6.26 Å². The van der Waals surface area contributed by atoms with E-state index in [2.05, 4.69) is 0 Å². The SMILES string of the molecule is CCN(CC)C(=O)C1Cc2ccccc2CN1C(=O)c1ccco1. The molecular formula is C19H22N2O3. The Kier molecular flexibility index (Phi) is 4.69. The van der Waals surface area contributed by atoms with Crippen LogP contribution in [0.15, 0.2) is 47.1 Å². The van der Waals surface area contributed by atoms with Gasteiger partial charge in [0.2, 0.25) is 5.91 Å². The minimum atomic E-state index is -0.489. The van der Waals surface area contributed by atoms with Crippen LogP contribution < -0.4 is 0 Å². The molecule has 24 heavy (non-hydrogen) atoms. The number of benzene rings is 1. The molecule has 2 aromatic rings. The minimum absolute atomic E-state index is 0.00518. The number of nitrogens with zero attached hydrogens (tertiary/aromatic N) is 2. The van der Waals surface area contributed by atoms with Gasteiger partial charge >= 0.3 is 0 Å². The van der Waals surface area contributed by atoms with Gasteiger partial charge in [0, 0.05) is 26.1 Å². The maximum absolute atomic E-state index is 13.0. The molecule has 0 saturated carbocycles. The zero-order valence-electron chi connectivity index (χ0n) is 14.1. The van der Waals surface area contributed by atoms with Crippen LogP contribution in [0, 0.1) is 0 Å². The Labute approximate surface area is 141 Å². The summed E-state index contributed by atoms with van der Waals surface area (Å²) in [5, 5.41) is 0. The largest absolute Gasteiger partial charge is 0.459 e. The van der Waals surface area contributed by atoms with E-state index in [0.29, 0.717) is 26.1 Å². The topological polar surface area (TPSA) is 53.8 Å². The van der Waals surface area contributed by atoms with E-state index in [1.807, 2.05) is 38.1 Å². The average molecular weight is 326 g/mol. The third kappa shape index (κ3) is 2.94. The molecule has 1 aromatic carbocycles. The van der Waals surface area contributed by atoms with Crippen molar-refractivity contribution in [3.8, 4) is 0 Å². The molecule has 126 valence electrons. The number of carbonyl (C=O) groups excluding carboxylic acids is 2. The van der Waals surface area contributed by atoms with Crippen molar-refractivity contribution < 1.29 is 14.0 Å². The number of rotatable bonds is 4. The van der Waals surface area contributed by atoms with E-state index < -0.39 is 6.04 Å². The molecule has 1 unspecified atom stereocenters. The van der Waals surface area contributed by atoms with Gasteiger partial charge in [-0.25, -0.2) is 0 Å². The minimum Gasteiger partial charge on any atom is -0.459 e. The Balaban J connectivity index is 1.96. The second kappa shape index (κ2) is 6.91. The highest BCUT2D eigenvalue weighted by Crippen LogP contribution is 2.26. The maximum atomic E-state index is 13.0. The van der Waals surface area contributed by atoms with Gasteiger partial charge in [-0.2, -0.15) is 0 Å². The van der Waals surface area contributed by atoms with E-state index in [1.54, 1.807) is 21.9 Å². The lowest BCUT2D eigenvalue weighted by atomic mass is 9.93. The molecule has 3 rings (SSSR count). The zero-order valence-corrected chi connectivity index (χ0v) is 14.1. The molecule has 5 nitrogen and oxygen atoms in total. The fraction of sp³-hybridized carbons (Fsp3) is 0.368. The monoisotopic (exact) mass is 326 g/mol. The molecule has 0 N–H and O–H groups in total. The van der Waals surface area contributed by atoms with Gasteiger partial charge in [0.1, 0.15) is 6.04 Å². The Hall–Kier alpha value is -2.56. The van der Waals surface area contributed by atoms with Crippen molar-refractivity contribution in [2.45, 2.75) is 32.9 Å². The number of carbonyl (C=O) groups is 2. The standard InChI is InChI=1S/C19H22N2O3/c1-3-20(4-2)18(22)16-12-14-8-5-6-9-15(14)13-21(16)19(23)17-10-7-11-24-17/h5-11,16H,3-4,12-13H2,1-2H3. The summed E-state index contributed by atoms with van der Waals surface area (Å²) in [6.07, 6.45) is 2.02. The smallest absolute Gasteiger partial charge is 0.290 e. The fourth-order valence-corrected chi connectivity index (χ4v) is 3.24. The molecule has 1 atom stereocenters. The van der Waals surface area contributed by atoms with Gasteiger partial charge < -0.3 is 14.2 Å². The first-order valence-electron chi connectivity index (χ1n) is 8.35. The lowest BCUT2D eigenvalue weighted by Gasteiger charge is -2.37. The summed E-state index contributed by atoms with van der Waals surface area (Å²) in [5.41, 5.74) is 2.22. The van der Waals surface area contributed by atoms with Gasteiger partial charge in [-0.15, -0.1) is 0 Å². The molecule has 0 saturated heterocycles. The molecule has 1 aromatic heterocycles. The van der Waals surface area contributed by atoms with Crippen LogP contribution in [0.4, 0.5) is 0 Å². The normalized spacial score (nSPS) is 16.6. The van der Waals surface area contributed by atoms with Crippen LogP contribution in [0.2, 0.25) is 0 Å². The first kappa shape index (κ1) is 16.3. The summed E-state index contributed by atoms with van der Waals surface area (Å²) in [5.74, 6) is 0.0288. The van der Waals surface area contributed by atoms with Crippen molar-refractivity contribution >= 4 is 11.8 Å². The molecule has 0 spiro atoms. The van der Waals surface area contributed by atoms with Crippen molar-refractivity contribution in [2.75, 3.05) is 13.1 Å². The van der Waals surface area contributed by atoms with Crippen molar-refractivity contribution in [1.82, 2.24) is 9.80 Å². The number of furan rings is 1. The lowest BCUT2D eigenvalue weighted by molar-refractivity contribution is -0.136. The van der Waals surface area contributed by atoms with E-state index in [1.165, 1.54) is 6.26 Å². The van der Waals surface area contributed by atoms with Gasteiger partial charge in [0.15, 0.2) is 5.76 Å². The van der Waals surface area contributed by atoms with Crippen LogP contribution in [-0.2, 0) is 17.8 Å². The molecule has 2 amide bonds. The average Bonchev–Trinajstić information content (AvgIpc) is 3.15. The first-order valence-corrected chi connectivity index (χ1v) is 8.35. The van der Waals surface area contributed by atoms with E-state index in [0.717, 1.165) is 11.1 Å². The van der Waals surface area contributed by atoms with Crippen LogP contribution in [0.1, 0.15) is 35.5 Å². The molecule has 1 aliphatic heterocycles. The summed E-state index contributed by atoms with van der Waals surface area (Å²) < 4.78 is 5.26. The number of likely N-dealkylation sites (N-methyl/N-ethyl adjacent to an activating group) is 1.